The van der Waals surface area contributed by atoms with E-state index < -0.39 is 11.7 Å². The lowest BCUT2D eigenvalue weighted by molar-refractivity contribution is -0.137. The van der Waals surface area contributed by atoms with E-state index in [-0.39, 0.29) is 12.6 Å². The molecule has 0 amide bonds. The summed E-state index contributed by atoms with van der Waals surface area (Å²) in [5, 5.41) is 12.0. The molecule has 3 nitrogen and oxygen atoms in total. The molecule has 2 aromatic rings. The van der Waals surface area contributed by atoms with Crippen molar-refractivity contribution in [2.75, 3.05) is 13.2 Å². The van der Waals surface area contributed by atoms with E-state index in [9.17, 15) is 18.3 Å². The molecule has 0 bridgehead atoms. The maximum absolute atomic E-state index is 12.6. The summed E-state index contributed by atoms with van der Waals surface area (Å²) < 4.78 is 37.8. The van der Waals surface area contributed by atoms with Gasteiger partial charge in [0.25, 0.3) is 0 Å². The number of nitrogens with zero attached hydrogens (tertiary/aromatic N) is 2. The van der Waals surface area contributed by atoms with Crippen LogP contribution in [-0.4, -0.2) is 34.2 Å². The Labute approximate surface area is 136 Å². The molecule has 0 saturated carbocycles. The second kappa shape index (κ2) is 6.59. The summed E-state index contributed by atoms with van der Waals surface area (Å²) >= 11 is 1.43. The Morgan fingerprint density at radius 3 is 2.65 bits per heavy atom. The van der Waals surface area contributed by atoms with E-state index in [0.29, 0.717) is 17.1 Å². The normalized spacial score (nSPS) is 19.4. The third-order valence-electron chi connectivity index (χ3n) is 4.09. The van der Waals surface area contributed by atoms with Gasteiger partial charge in [-0.25, -0.2) is 4.98 Å². The highest BCUT2D eigenvalue weighted by molar-refractivity contribution is 7.13. The fourth-order valence-corrected chi connectivity index (χ4v) is 3.65. The van der Waals surface area contributed by atoms with Gasteiger partial charge in [0, 0.05) is 23.5 Å². The summed E-state index contributed by atoms with van der Waals surface area (Å²) in [5.74, 6) is 0. The summed E-state index contributed by atoms with van der Waals surface area (Å²) in [4.78, 5) is 6.72. The third kappa shape index (κ3) is 3.73. The Balaban J connectivity index is 1.72. The summed E-state index contributed by atoms with van der Waals surface area (Å²) in [7, 11) is 0. The Hall–Kier alpha value is -1.44. The lowest BCUT2D eigenvalue weighted by atomic mass is 10.1. The summed E-state index contributed by atoms with van der Waals surface area (Å²) in [5.41, 5.74) is 0.931. The molecule has 1 aromatic carbocycles. The van der Waals surface area contributed by atoms with E-state index in [0.717, 1.165) is 37.2 Å². The molecule has 23 heavy (non-hydrogen) atoms. The number of aliphatic hydroxyl groups is 1. The molecule has 7 heteroatoms. The highest BCUT2D eigenvalue weighted by atomic mass is 32.1. The number of hydrogen-bond donors (Lipinski definition) is 1. The predicted molar refractivity (Wildman–Crippen MR) is 83.1 cm³/mol. The number of hydrogen-bond acceptors (Lipinski definition) is 4. The van der Waals surface area contributed by atoms with Crippen LogP contribution in [0.4, 0.5) is 13.2 Å². The lowest BCUT2D eigenvalue weighted by Crippen LogP contribution is -2.31. The van der Waals surface area contributed by atoms with E-state index in [4.69, 9.17) is 0 Å². The van der Waals surface area contributed by atoms with Crippen LogP contribution in [0, 0.1) is 0 Å². The van der Waals surface area contributed by atoms with Crippen molar-refractivity contribution < 1.29 is 18.3 Å². The van der Waals surface area contributed by atoms with Gasteiger partial charge in [-0.2, -0.15) is 13.2 Å². The van der Waals surface area contributed by atoms with Crippen LogP contribution in [0.25, 0.3) is 10.6 Å². The van der Waals surface area contributed by atoms with Crippen LogP contribution in [0.1, 0.15) is 24.1 Å². The minimum absolute atomic E-state index is 0.149. The monoisotopic (exact) mass is 342 g/mol. The Morgan fingerprint density at radius 2 is 2.00 bits per heavy atom. The van der Waals surface area contributed by atoms with Crippen LogP contribution in [-0.2, 0) is 12.7 Å². The maximum Gasteiger partial charge on any atom is 0.416 e. The van der Waals surface area contributed by atoms with Crippen LogP contribution in [0.15, 0.2) is 29.6 Å². The third-order valence-corrected chi connectivity index (χ3v) is 5.03. The zero-order valence-electron chi connectivity index (χ0n) is 12.4. The molecule has 1 aliphatic rings. The fraction of sp³-hybridized carbons (Fsp3) is 0.438. The SMILES string of the molecule is OC[C@@H]1CCCN1Cc1csc(-c2ccc(C(F)(F)F)cc2)n1. The number of halogens is 3. The molecule has 0 spiro atoms. The van der Waals surface area contributed by atoms with E-state index in [1.165, 1.54) is 23.5 Å². The van der Waals surface area contributed by atoms with Gasteiger partial charge in [0.15, 0.2) is 0 Å². The van der Waals surface area contributed by atoms with Gasteiger partial charge in [0.05, 0.1) is 17.9 Å². The zero-order valence-corrected chi connectivity index (χ0v) is 13.2. The molecule has 1 atom stereocenters. The molecule has 3 rings (SSSR count). The van der Waals surface area contributed by atoms with E-state index in [2.05, 4.69) is 9.88 Å². The molecule has 2 heterocycles. The first-order valence-corrected chi connectivity index (χ1v) is 8.32. The number of likely N-dealkylation sites (tertiary alicyclic amines) is 1. The van der Waals surface area contributed by atoms with Crippen LogP contribution >= 0.6 is 11.3 Å². The van der Waals surface area contributed by atoms with Gasteiger partial charge in [0.2, 0.25) is 0 Å². The summed E-state index contributed by atoms with van der Waals surface area (Å²) in [6.07, 6.45) is -2.25. The van der Waals surface area contributed by atoms with Crippen molar-refractivity contribution in [3.05, 3.63) is 40.9 Å². The first kappa shape index (κ1) is 16.4. The van der Waals surface area contributed by atoms with Crippen molar-refractivity contribution in [1.82, 2.24) is 9.88 Å². The average molecular weight is 342 g/mol. The van der Waals surface area contributed by atoms with Crippen LogP contribution in [0.2, 0.25) is 0 Å². The van der Waals surface area contributed by atoms with Gasteiger partial charge in [-0.15, -0.1) is 11.3 Å². The van der Waals surface area contributed by atoms with Gasteiger partial charge in [-0.3, -0.25) is 4.90 Å². The van der Waals surface area contributed by atoms with Gasteiger partial charge in [0.1, 0.15) is 5.01 Å². The minimum Gasteiger partial charge on any atom is -0.395 e. The summed E-state index contributed by atoms with van der Waals surface area (Å²) in [6.45, 7) is 1.76. The number of aromatic nitrogens is 1. The second-order valence-corrected chi connectivity index (χ2v) is 6.53. The minimum atomic E-state index is -4.32. The van der Waals surface area contributed by atoms with E-state index in [1.807, 2.05) is 5.38 Å². The van der Waals surface area contributed by atoms with Gasteiger partial charge in [-0.1, -0.05) is 12.1 Å². The van der Waals surface area contributed by atoms with Crippen molar-refractivity contribution >= 4 is 11.3 Å². The maximum atomic E-state index is 12.6. The predicted octanol–water partition coefficient (Wildman–Crippen LogP) is 3.79. The van der Waals surface area contributed by atoms with Crippen molar-refractivity contribution in [1.29, 1.82) is 0 Å². The zero-order chi connectivity index (χ0) is 16.4. The first-order chi connectivity index (χ1) is 11.0. The fourth-order valence-electron chi connectivity index (χ4n) is 2.83. The molecule has 1 aliphatic heterocycles. The van der Waals surface area contributed by atoms with Gasteiger partial charge >= 0.3 is 6.18 Å². The lowest BCUT2D eigenvalue weighted by Gasteiger charge is -2.21. The number of benzene rings is 1. The topological polar surface area (TPSA) is 36.4 Å². The molecule has 1 N–H and O–H groups in total. The first-order valence-electron chi connectivity index (χ1n) is 7.44. The highest BCUT2D eigenvalue weighted by Crippen LogP contribution is 2.32. The smallest absolute Gasteiger partial charge is 0.395 e. The van der Waals surface area contributed by atoms with E-state index >= 15 is 0 Å². The molecule has 0 unspecified atom stereocenters. The largest absolute Gasteiger partial charge is 0.416 e. The summed E-state index contributed by atoms with van der Waals surface area (Å²) in [6, 6.07) is 5.26. The van der Waals surface area contributed by atoms with Crippen molar-refractivity contribution in [2.24, 2.45) is 0 Å². The van der Waals surface area contributed by atoms with Crippen LogP contribution < -0.4 is 0 Å². The number of thiazole rings is 1. The Bertz CT molecular complexity index is 654. The van der Waals surface area contributed by atoms with Gasteiger partial charge < -0.3 is 5.11 Å². The van der Waals surface area contributed by atoms with Crippen molar-refractivity contribution in [3.63, 3.8) is 0 Å². The quantitative estimate of drug-likeness (QED) is 0.918. The molecule has 1 aromatic heterocycles. The molecular formula is C16H17F3N2OS. The number of rotatable bonds is 4. The highest BCUT2D eigenvalue weighted by Gasteiger charge is 2.30. The number of alkyl halides is 3. The molecule has 0 aliphatic carbocycles. The van der Waals surface area contributed by atoms with Crippen molar-refractivity contribution in [2.45, 2.75) is 31.6 Å². The number of aliphatic hydroxyl groups excluding tert-OH is 1. The van der Waals surface area contributed by atoms with Crippen LogP contribution in [0.5, 0.6) is 0 Å². The molecule has 1 fully saturated rings. The van der Waals surface area contributed by atoms with Crippen LogP contribution in [0.3, 0.4) is 0 Å². The molecule has 1 saturated heterocycles. The molecule has 0 radical (unpaired) electrons. The second-order valence-electron chi connectivity index (χ2n) is 5.67. The molecular weight excluding hydrogens is 325 g/mol. The molecule has 124 valence electrons. The Kier molecular flexibility index (Phi) is 4.70. The van der Waals surface area contributed by atoms with Gasteiger partial charge in [-0.05, 0) is 31.5 Å². The average Bonchev–Trinajstić information content (AvgIpc) is 3.16. The Morgan fingerprint density at radius 1 is 1.26 bits per heavy atom. The van der Waals surface area contributed by atoms with Crippen molar-refractivity contribution in [3.8, 4) is 10.6 Å². The standard InChI is InChI=1S/C16H17F3N2OS/c17-16(18,19)12-5-3-11(4-6-12)15-20-13(10-23-15)8-21-7-1-2-14(21)9-22/h3-6,10,14,22H,1-2,7-9H2/t14-/m0/s1. The van der Waals surface area contributed by atoms with E-state index in [1.54, 1.807) is 0 Å².